The quantitative estimate of drug-likeness (QED) is 0.623. The number of hydrogen-bond donors (Lipinski definition) is 2. The van der Waals surface area contributed by atoms with Crippen LogP contribution in [0.25, 0.3) is 11.2 Å². The van der Waals surface area contributed by atoms with E-state index in [1.165, 1.54) is 4.57 Å². The van der Waals surface area contributed by atoms with Crippen molar-refractivity contribution in [2.24, 2.45) is 0 Å². The number of aromatic nitrogens is 4. The standard InChI is InChI=1S/C9H9N5O/c1-3-5-11-7(10)6-8(12-5)14(4-2)9(15)13-6/h1H,4H2,2H3,(H,13,15)(H2,10,11,12). The Morgan fingerprint density at radius 2 is 2.33 bits per heavy atom. The van der Waals surface area contributed by atoms with Crippen molar-refractivity contribution in [2.45, 2.75) is 13.5 Å². The van der Waals surface area contributed by atoms with Gasteiger partial charge in [0.15, 0.2) is 11.5 Å². The Morgan fingerprint density at radius 3 is 2.93 bits per heavy atom. The molecule has 0 atom stereocenters. The van der Waals surface area contributed by atoms with Crippen molar-refractivity contribution in [1.82, 2.24) is 19.5 Å². The van der Waals surface area contributed by atoms with Gasteiger partial charge >= 0.3 is 5.69 Å². The summed E-state index contributed by atoms with van der Waals surface area (Å²) in [7, 11) is 0. The first-order valence-corrected chi connectivity index (χ1v) is 4.40. The van der Waals surface area contributed by atoms with Crippen molar-refractivity contribution < 1.29 is 0 Å². The van der Waals surface area contributed by atoms with Gasteiger partial charge in [0.05, 0.1) is 0 Å². The first kappa shape index (κ1) is 9.27. The molecule has 15 heavy (non-hydrogen) atoms. The van der Waals surface area contributed by atoms with E-state index in [0.29, 0.717) is 17.7 Å². The van der Waals surface area contributed by atoms with Gasteiger partial charge in [0.1, 0.15) is 5.52 Å². The molecule has 0 aliphatic rings. The fourth-order valence-corrected chi connectivity index (χ4v) is 1.41. The number of rotatable bonds is 1. The molecular weight excluding hydrogens is 194 g/mol. The van der Waals surface area contributed by atoms with Crippen molar-refractivity contribution in [2.75, 3.05) is 5.73 Å². The van der Waals surface area contributed by atoms with Crippen molar-refractivity contribution in [3.05, 3.63) is 16.3 Å². The predicted octanol–water partition coefficient (Wildman–Crippen LogP) is -0.297. The molecule has 2 aromatic heterocycles. The zero-order valence-corrected chi connectivity index (χ0v) is 8.11. The zero-order valence-electron chi connectivity index (χ0n) is 8.11. The third kappa shape index (κ3) is 1.25. The number of nitrogen functional groups attached to an aromatic ring is 1. The molecule has 0 fully saturated rings. The zero-order chi connectivity index (χ0) is 11.0. The van der Waals surface area contributed by atoms with Gasteiger partial charge in [-0.15, -0.1) is 6.42 Å². The van der Waals surface area contributed by atoms with Crippen LogP contribution < -0.4 is 11.4 Å². The van der Waals surface area contributed by atoms with E-state index in [4.69, 9.17) is 12.2 Å². The molecule has 0 radical (unpaired) electrons. The lowest BCUT2D eigenvalue weighted by molar-refractivity contribution is 0.744. The van der Waals surface area contributed by atoms with E-state index in [1.807, 2.05) is 6.92 Å². The average Bonchev–Trinajstić information content (AvgIpc) is 2.54. The Bertz CT molecular complexity index is 616. The number of H-pyrrole nitrogens is 1. The van der Waals surface area contributed by atoms with Crippen LogP contribution in [0.3, 0.4) is 0 Å². The Balaban J connectivity index is 2.94. The SMILES string of the molecule is C#Cc1nc(N)c2[nH]c(=O)n(CC)c2n1. The Labute approximate surface area is 85.2 Å². The molecule has 0 bridgehead atoms. The number of nitrogens with two attached hydrogens (primary N) is 1. The van der Waals surface area contributed by atoms with Gasteiger partial charge in [-0.1, -0.05) is 0 Å². The number of imidazole rings is 1. The molecule has 3 N–H and O–H groups in total. The second kappa shape index (κ2) is 3.13. The number of nitrogens with one attached hydrogen (secondary N) is 1. The van der Waals surface area contributed by atoms with E-state index in [9.17, 15) is 4.79 Å². The molecule has 76 valence electrons. The molecule has 0 aromatic carbocycles. The van der Waals surface area contributed by atoms with Crippen LogP contribution in [0.1, 0.15) is 12.7 Å². The largest absolute Gasteiger partial charge is 0.382 e. The number of terminal acetylenes is 1. The van der Waals surface area contributed by atoms with E-state index in [-0.39, 0.29) is 17.3 Å². The van der Waals surface area contributed by atoms with Crippen molar-refractivity contribution in [3.63, 3.8) is 0 Å². The van der Waals surface area contributed by atoms with E-state index < -0.39 is 0 Å². The van der Waals surface area contributed by atoms with Gasteiger partial charge in [0, 0.05) is 6.54 Å². The smallest absolute Gasteiger partial charge is 0.327 e. The van der Waals surface area contributed by atoms with Gasteiger partial charge in [-0.05, 0) is 12.8 Å². The number of fused-ring (bicyclic) bond motifs is 1. The normalized spacial score (nSPS) is 10.4. The van der Waals surface area contributed by atoms with Gasteiger partial charge in [-0.2, -0.15) is 0 Å². The summed E-state index contributed by atoms with van der Waals surface area (Å²) in [5, 5.41) is 0. The molecular formula is C9H9N5O. The fourth-order valence-electron chi connectivity index (χ4n) is 1.41. The van der Waals surface area contributed by atoms with Crippen LogP contribution in [-0.4, -0.2) is 19.5 Å². The molecule has 0 aliphatic carbocycles. The average molecular weight is 203 g/mol. The Morgan fingerprint density at radius 1 is 1.60 bits per heavy atom. The van der Waals surface area contributed by atoms with Crippen LogP contribution in [0.15, 0.2) is 4.79 Å². The lowest BCUT2D eigenvalue weighted by atomic mass is 10.4. The van der Waals surface area contributed by atoms with Gasteiger partial charge in [0.25, 0.3) is 0 Å². The van der Waals surface area contributed by atoms with E-state index in [0.717, 1.165) is 0 Å². The van der Waals surface area contributed by atoms with E-state index in [2.05, 4.69) is 20.9 Å². The lowest BCUT2D eigenvalue weighted by Gasteiger charge is -1.98. The number of aryl methyl sites for hydroxylation is 1. The first-order valence-electron chi connectivity index (χ1n) is 4.40. The van der Waals surface area contributed by atoms with Crippen LogP contribution in [0.2, 0.25) is 0 Å². The summed E-state index contributed by atoms with van der Waals surface area (Å²) in [6.07, 6.45) is 5.18. The molecule has 6 nitrogen and oxygen atoms in total. The third-order valence-electron chi connectivity index (χ3n) is 2.10. The van der Waals surface area contributed by atoms with Crippen LogP contribution in [0, 0.1) is 12.3 Å². The number of anilines is 1. The summed E-state index contributed by atoms with van der Waals surface area (Å²) in [5.41, 5.74) is 6.26. The summed E-state index contributed by atoms with van der Waals surface area (Å²) >= 11 is 0. The summed E-state index contributed by atoms with van der Waals surface area (Å²) in [5.74, 6) is 2.66. The highest BCUT2D eigenvalue weighted by Gasteiger charge is 2.11. The molecule has 0 saturated carbocycles. The minimum absolute atomic E-state index is 0.182. The van der Waals surface area contributed by atoms with Crippen molar-refractivity contribution in [1.29, 1.82) is 0 Å². The van der Waals surface area contributed by atoms with Crippen LogP contribution >= 0.6 is 0 Å². The maximum absolute atomic E-state index is 11.5. The molecule has 2 rings (SSSR count). The van der Waals surface area contributed by atoms with Gasteiger partial charge in [0.2, 0.25) is 5.82 Å². The summed E-state index contributed by atoms with van der Waals surface area (Å²) in [6, 6.07) is 0. The topological polar surface area (TPSA) is 89.6 Å². The maximum Gasteiger partial charge on any atom is 0.327 e. The molecule has 0 saturated heterocycles. The van der Waals surface area contributed by atoms with Crippen LogP contribution in [0.5, 0.6) is 0 Å². The summed E-state index contributed by atoms with van der Waals surface area (Å²) in [6.45, 7) is 2.34. The predicted molar refractivity (Wildman–Crippen MR) is 56.2 cm³/mol. The molecule has 0 unspecified atom stereocenters. The molecule has 0 aliphatic heterocycles. The summed E-state index contributed by atoms with van der Waals surface area (Å²) in [4.78, 5) is 21.9. The summed E-state index contributed by atoms with van der Waals surface area (Å²) < 4.78 is 1.45. The first-order chi connectivity index (χ1) is 7.17. The van der Waals surface area contributed by atoms with E-state index in [1.54, 1.807) is 0 Å². The molecule has 2 heterocycles. The maximum atomic E-state index is 11.5. The van der Waals surface area contributed by atoms with Crippen LogP contribution in [-0.2, 0) is 6.54 Å². The van der Waals surface area contributed by atoms with Gasteiger partial charge in [-0.25, -0.2) is 14.8 Å². The highest BCUT2D eigenvalue weighted by atomic mass is 16.1. The van der Waals surface area contributed by atoms with Gasteiger partial charge < -0.3 is 10.7 Å². The molecule has 0 spiro atoms. The van der Waals surface area contributed by atoms with Crippen molar-refractivity contribution in [3.8, 4) is 12.3 Å². The van der Waals surface area contributed by atoms with E-state index >= 15 is 0 Å². The fraction of sp³-hybridized carbons (Fsp3) is 0.222. The number of hydrogen-bond acceptors (Lipinski definition) is 4. The minimum atomic E-state index is -0.261. The Kier molecular flexibility index (Phi) is 1.94. The Hall–Kier alpha value is -2.29. The molecule has 0 amide bonds. The number of aromatic amines is 1. The lowest BCUT2D eigenvalue weighted by Crippen LogP contribution is -2.15. The second-order valence-corrected chi connectivity index (χ2v) is 2.95. The second-order valence-electron chi connectivity index (χ2n) is 2.95. The van der Waals surface area contributed by atoms with Crippen molar-refractivity contribution >= 4 is 17.0 Å². The minimum Gasteiger partial charge on any atom is -0.382 e. The monoisotopic (exact) mass is 203 g/mol. The highest BCUT2D eigenvalue weighted by molar-refractivity contribution is 5.81. The molecule has 6 heteroatoms. The highest BCUT2D eigenvalue weighted by Crippen LogP contribution is 2.13. The number of nitrogens with zero attached hydrogens (tertiary/aromatic N) is 3. The third-order valence-corrected chi connectivity index (χ3v) is 2.10. The van der Waals surface area contributed by atoms with Crippen LogP contribution in [0.4, 0.5) is 5.82 Å². The molecule has 2 aromatic rings. The van der Waals surface area contributed by atoms with Gasteiger partial charge in [-0.3, -0.25) is 4.57 Å².